The van der Waals surface area contributed by atoms with E-state index in [0.717, 1.165) is 17.7 Å². The predicted molar refractivity (Wildman–Crippen MR) is 59.2 cm³/mol. The number of carbonyl (C=O) groups excluding carboxylic acids is 1. The second-order valence-corrected chi connectivity index (χ2v) is 3.19. The van der Waals surface area contributed by atoms with Gasteiger partial charge in [-0.05, 0) is 25.0 Å². The van der Waals surface area contributed by atoms with Gasteiger partial charge in [0.05, 0.1) is 0 Å². The lowest BCUT2D eigenvalue weighted by atomic mass is 10.2. The maximum absolute atomic E-state index is 11.4. The molecule has 0 fully saturated rings. The molecule has 1 amide bonds. The van der Waals surface area contributed by atoms with Crippen LogP contribution in [0.25, 0.3) is 0 Å². The smallest absolute Gasteiger partial charge is 0.224 e. The summed E-state index contributed by atoms with van der Waals surface area (Å²) in [7, 11) is 0. The average molecular weight is 189 g/mol. The third kappa shape index (κ3) is 3.05. The first kappa shape index (κ1) is 10.5. The van der Waals surface area contributed by atoms with Crippen molar-refractivity contribution >= 4 is 11.6 Å². The van der Waals surface area contributed by atoms with Crippen molar-refractivity contribution < 1.29 is 4.79 Å². The molecule has 0 radical (unpaired) electrons. The van der Waals surface area contributed by atoms with E-state index in [1.54, 1.807) is 6.08 Å². The normalized spacial score (nSPS) is 9.50. The number of para-hydroxylation sites is 1. The van der Waals surface area contributed by atoms with E-state index in [4.69, 9.17) is 0 Å². The Bertz CT molecular complexity index is 331. The fourth-order valence-electron chi connectivity index (χ4n) is 1.16. The number of hydrogen-bond donors (Lipinski definition) is 1. The highest BCUT2D eigenvalue weighted by molar-refractivity contribution is 5.91. The third-order valence-corrected chi connectivity index (χ3v) is 1.99. The summed E-state index contributed by atoms with van der Waals surface area (Å²) < 4.78 is 0. The van der Waals surface area contributed by atoms with Gasteiger partial charge in [0.15, 0.2) is 0 Å². The van der Waals surface area contributed by atoms with Crippen molar-refractivity contribution in [2.45, 2.75) is 19.8 Å². The van der Waals surface area contributed by atoms with Crippen LogP contribution in [0, 0.1) is 6.92 Å². The van der Waals surface area contributed by atoms with Crippen LogP contribution in [-0.2, 0) is 4.79 Å². The maximum Gasteiger partial charge on any atom is 0.224 e. The van der Waals surface area contributed by atoms with Gasteiger partial charge in [-0.2, -0.15) is 0 Å². The van der Waals surface area contributed by atoms with Gasteiger partial charge in [-0.15, -0.1) is 6.58 Å². The molecular weight excluding hydrogens is 174 g/mol. The Labute approximate surface area is 84.6 Å². The van der Waals surface area contributed by atoms with Crippen LogP contribution < -0.4 is 5.32 Å². The molecule has 74 valence electrons. The average Bonchev–Trinajstić information content (AvgIpc) is 2.18. The molecule has 0 unspecified atom stereocenters. The van der Waals surface area contributed by atoms with E-state index in [0.29, 0.717) is 6.42 Å². The Balaban J connectivity index is 2.56. The molecule has 0 aliphatic rings. The summed E-state index contributed by atoms with van der Waals surface area (Å²) in [6.45, 7) is 5.55. The lowest BCUT2D eigenvalue weighted by Crippen LogP contribution is -2.11. The summed E-state index contributed by atoms with van der Waals surface area (Å²) in [5.41, 5.74) is 1.97. The van der Waals surface area contributed by atoms with Crippen LogP contribution in [0.2, 0.25) is 0 Å². The van der Waals surface area contributed by atoms with E-state index in [2.05, 4.69) is 11.9 Å². The fourth-order valence-corrected chi connectivity index (χ4v) is 1.16. The molecule has 1 aromatic rings. The van der Waals surface area contributed by atoms with E-state index in [-0.39, 0.29) is 5.91 Å². The van der Waals surface area contributed by atoms with Crippen molar-refractivity contribution in [3.8, 4) is 0 Å². The number of anilines is 1. The summed E-state index contributed by atoms with van der Waals surface area (Å²) in [6, 6.07) is 7.75. The number of allylic oxidation sites excluding steroid dienone is 1. The van der Waals surface area contributed by atoms with Crippen LogP contribution in [-0.4, -0.2) is 5.91 Å². The Morgan fingerprint density at radius 3 is 2.86 bits per heavy atom. The summed E-state index contributed by atoms with van der Waals surface area (Å²) in [5, 5.41) is 2.86. The minimum absolute atomic E-state index is 0.0409. The zero-order valence-corrected chi connectivity index (χ0v) is 8.42. The van der Waals surface area contributed by atoms with E-state index >= 15 is 0 Å². The van der Waals surface area contributed by atoms with Gasteiger partial charge < -0.3 is 5.32 Å². The summed E-state index contributed by atoms with van der Waals surface area (Å²) in [5.74, 6) is 0.0409. The molecular formula is C12H15NO. The molecule has 1 rings (SSSR count). The number of hydrogen-bond acceptors (Lipinski definition) is 1. The Kier molecular flexibility index (Phi) is 3.92. The molecule has 0 aromatic heterocycles. The van der Waals surface area contributed by atoms with E-state index in [1.165, 1.54) is 0 Å². The largest absolute Gasteiger partial charge is 0.326 e. The van der Waals surface area contributed by atoms with Crippen LogP contribution in [0.5, 0.6) is 0 Å². The number of amides is 1. The zero-order chi connectivity index (χ0) is 10.4. The molecule has 0 spiro atoms. The zero-order valence-electron chi connectivity index (χ0n) is 8.42. The van der Waals surface area contributed by atoms with E-state index in [9.17, 15) is 4.79 Å². The molecule has 2 heteroatoms. The summed E-state index contributed by atoms with van der Waals surface area (Å²) >= 11 is 0. The van der Waals surface area contributed by atoms with Gasteiger partial charge in [0.2, 0.25) is 5.91 Å². The monoisotopic (exact) mass is 189 g/mol. The van der Waals surface area contributed by atoms with Crippen LogP contribution in [0.4, 0.5) is 5.69 Å². The van der Waals surface area contributed by atoms with E-state index < -0.39 is 0 Å². The maximum atomic E-state index is 11.4. The highest BCUT2D eigenvalue weighted by atomic mass is 16.1. The number of nitrogens with one attached hydrogen (secondary N) is 1. The lowest BCUT2D eigenvalue weighted by Gasteiger charge is -2.06. The van der Waals surface area contributed by atoms with E-state index in [1.807, 2.05) is 31.2 Å². The van der Waals surface area contributed by atoms with Crippen molar-refractivity contribution in [3.05, 3.63) is 42.5 Å². The van der Waals surface area contributed by atoms with Gasteiger partial charge in [0, 0.05) is 12.1 Å². The first-order chi connectivity index (χ1) is 6.74. The molecule has 0 atom stereocenters. The van der Waals surface area contributed by atoms with Crippen molar-refractivity contribution in [3.63, 3.8) is 0 Å². The SMILES string of the molecule is C=CCCC(=O)Nc1ccccc1C. The summed E-state index contributed by atoms with van der Waals surface area (Å²) in [4.78, 5) is 11.4. The van der Waals surface area contributed by atoms with Crippen LogP contribution in [0.15, 0.2) is 36.9 Å². The fraction of sp³-hybridized carbons (Fsp3) is 0.250. The minimum atomic E-state index is 0.0409. The Morgan fingerprint density at radius 1 is 1.50 bits per heavy atom. The molecule has 0 aliphatic carbocycles. The second-order valence-electron chi connectivity index (χ2n) is 3.19. The van der Waals surface area contributed by atoms with Gasteiger partial charge in [0.25, 0.3) is 0 Å². The molecule has 0 heterocycles. The second kappa shape index (κ2) is 5.22. The molecule has 0 aliphatic heterocycles. The van der Waals surface area contributed by atoms with Crippen molar-refractivity contribution in [2.75, 3.05) is 5.32 Å². The molecule has 1 aromatic carbocycles. The highest BCUT2D eigenvalue weighted by Gasteiger charge is 2.01. The molecule has 0 bridgehead atoms. The van der Waals surface area contributed by atoms with Crippen molar-refractivity contribution in [2.24, 2.45) is 0 Å². The van der Waals surface area contributed by atoms with Gasteiger partial charge in [-0.3, -0.25) is 4.79 Å². The quantitative estimate of drug-likeness (QED) is 0.725. The van der Waals surface area contributed by atoms with Crippen molar-refractivity contribution in [1.82, 2.24) is 0 Å². The Hall–Kier alpha value is -1.57. The Morgan fingerprint density at radius 2 is 2.21 bits per heavy atom. The minimum Gasteiger partial charge on any atom is -0.326 e. The predicted octanol–water partition coefficient (Wildman–Crippen LogP) is 2.90. The molecule has 1 N–H and O–H groups in total. The molecule has 0 saturated heterocycles. The van der Waals surface area contributed by atoms with Crippen LogP contribution >= 0.6 is 0 Å². The van der Waals surface area contributed by atoms with Crippen LogP contribution in [0.3, 0.4) is 0 Å². The van der Waals surface area contributed by atoms with Crippen LogP contribution in [0.1, 0.15) is 18.4 Å². The van der Waals surface area contributed by atoms with Gasteiger partial charge in [0.1, 0.15) is 0 Å². The standard InChI is InChI=1S/C12H15NO/c1-3-4-9-12(14)13-11-8-6-5-7-10(11)2/h3,5-8H,1,4,9H2,2H3,(H,13,14). The van der Waals surface area contributed by atoms with Crippen molar-refractivity contribution in [1.29, 1.82) is 0 Å². The topological polar surface area (TPSA) is 29.1 Å². The molecule has 14 heavy (non-hydrogen) atoms. The summed E-state index contributed by atoms with van der Waals surface area (Å²) in [6.07, 6.45) is 2.97. The van der Waals surface area contributed by atoms with Gasteiger partial charge in [-0.25, -0.2) is 0 Å². The number of benzene rings is 1. The number of carbonyl (C=O) groups is 1. The first-order valence-corrected chi connectivity index (χ1v) is 4.70. The third-order valence-electron chi connectivity index (χ3n) is 1.99. The first-order valence-electron chi connectivity index (χ1n) is 4.70. The lowest BCUT2D eigenvalue weighted by molar-refractivity contribution is -0.116. The molecule has 2 nitrogen and oxygen atoms in total. The number of aryl methyl sites for hydroxylation is 1. The number of rotatable bonds is 4. The van der Waals surface area contributed by atoms with Gasteiger partial charge >= 0.3 is 0 Å². The highest BCUT2D eigenvalue weighted by Crippen LogP contribution is 2.13. The molecule has 0 saturated carbocycles. The van der Waals surface area contributed by atoms with Gasteiger partial charge in [-0.1, -0.05) is 24.3 Å².